The van der Waals surface area contributed by atoms with Crippen LogP contribution >= 0.6 is 0 Å². The molecule has 0 aliphatic rings. The van der Waals surface area contributed by atoms with Gasteiger partial charge in [0.25, 0.3) is 5.91 Å². The number of amides is 1. The van der Waals surface area contributed by atoms with Gasteiger partial charge in [0, 0.05) is 25.3 Å². The van der Waals surface area contributed by atoms with Crippen LogP contribution in [0.2, 0.25) is 0 Å². The molecule has 0 bridgehead atoms. The molecule has 0 spiro atoms. The molecule has 0 fully saturated rings. The average molecular weight is 271 g/mol. The second-order valence-corrected chi connectivity index (χ2v) is 4.71. The van der Waals surface area contributed by atoms with Crippen LogP contribution in [0.3, 0.4) is 0 Å². The molecule has 0 atom stereocenters. The van der Waals surface area contributed by atoms with Gasteiger partial charge in [0.2, 0.25) is 0 Å². The predicted octanol–water partition coefficient (Wildman–Crippen LogP) is 2.76. The highest BCUT2D eigenvalue weighted by atomic mass is 19.2. The highest BCUT2D eigenvalue weighted by Gasteiger charge is 2.08. The highest BCUT2D eigenvalue weighted by Crippen LogP contribution is 2.08. The van der Waals surface area contributed by atoms with Crippen molar-refractivity contribution in [2.45, 2.75) is 20.3 Å². The van der Waals surface area contributed by atoms with Gasteiger partial charge >= 0.3 is 0 Å². The zero-order valence-corrected chi connectivity index (χ0v) is 11.2. The molecule has 3 nitrogen and oxygen atoms in total. The Balaban J connectivity index is 2.26. The first kappa shape index (κ1) is 15.6. The standard InChI is InChI=1S/C14H19F2NO2/c1-10(2)9-19-7-3-6-17-14(18)11-4-5-12(15)13(16)8-11/h4-5,8,10H,3,6-7,9H2,1-2H3,(H,17,18). The van der Waals surface area contributed by atoms with E-state index in [1.807, 2.05) is 0 Å². The molecule has 0 unspecified atom stereocenters. The van der Waals surface area contributed by atoms with Crippen molar-refractivity contribution >= 4 is 5.91 Å². The predicted molar refractivity (Wildman–Crippen MR) is 69.0 cm³/mol. The molecule has 0 saturated heterocycles. The Morgan fingerprint density at radius 3 is 2.68 bits per heavy atom. The molecule has 19 heavy (non-hydrogen) atoms. The monoisotopic (exact) mass is 271 g/mol. The van der Waals surface area contributed by atoms with Crippen LogP contribution in [-0.4, -0.2) is 25.7 Å². The number of carbonyl (C=O) groups excluding carboxylic acids is 1. The van der Waals surface area contributed by atoms with Crippen molar-refractivity contribution in [1.82, 2.24) is 5.32 Å². The van der Waals surface area contributed by atoms with E-state index >= 15 is 0 Å². The molecule has 0 aliphatic carbocycles. The van der Waals surface area contributed by atoms with Gasteiger partial charge in [-0.3, -0.25) is 4.79 Å². The van der Waals surface area contributed by atoms with Crippen molar-refractivity contribution < 1.29 is 18.3 Å². The van der Waals surface area contributed by atoms with Crippen molar-refractivity contribution in [1.29, 1.82) is 0 Å². The Labute approximate surface area is 112 Å². The lowest BCUT2D eigenvalue weighted by Crippen LogP contribution is -2.25. The minimum Gasteiger partial charge on any atom is -0.381 e. The number of ether oxygens (including phenoxy) is 1. The number of hydrogen-bond donors (Lipinski definition) is 1. The molecular weight excluding hydrogens is 252 g/mol. The van der Waals surface area contributed by atoms with E-state index in [-0.39, 0.29) is 5.56 Å². The van der Waals surface area contributed by atoms with Crippen LogP contribution in [0.5, 0.6) is 0 Å². The molecule has 1 aromatic rings. The van der Waals surface area contributed by atoms with Gasteiger partial charge in [-0.25, -0.2) is 8.78 Å². The first-order chi connectivity index (χ1) is 9.00. The minimum absolute atomic E-state index is 0.113. The minimum atomic E-state index is -1.02. The number of nitrogens with one attached hydrogen (secondary N) is 1. The lowest BCUT2D eigenvalue weighted by Gasteiger charge is -2.08. The molecule has 5 heteroatoms. The van der Waals surface area contributed by atoms with E-state index in [1.54, 1.807) is 0 Å². The van der Waals surface area contributed by atoms with E-state index in [0.29, 0.717) is 32.1 Å². The molecule has 0 aliphatic heterocycles. The lowest BCUT2D eigenvalue weighted by atomic mass is 10.2. The maximum atomic E-state index is 12.9. The van der Waals surface area contributed by atoms with E-state index in [4.69, 9.17) is 4.74 Å². The topological polar surface area (TPSA) is 38.3 Å². The molecule has 1 aromatic carbocycles. The van der Waals surface area contributed by atoms with Crippen molar-refractivity contribution in [2.24, 2.45) is 5.92 Å². The van der Waals surface area contributed by atoms with E-state index in [0.717, 1.165) is 12.1 Å². The Kier molecular flexibility index (Phi) is 6.42. The van der Waals surface area contributed by atoms with Crippen LogP contribution in [0.4, 0.5) is 8.78 Å². The van der Waals surface area contributed by atoms with Gasteiger partial charge in [-0.05, 0) is 30.5 Å². The molecule has 106 valence electrons. The fourth-order valence-corrected chi connectivity index (χ4v) is 1.43. The van der Waals surface area contributed by atoms with Gasteiger partial charge in [0.1, 0.15) is 0 Å². The van der Waals surface area contributed by atoms with Crippen molar-refractivity contribution in [3.8, 4) is 0 Å². The first-order valence-electron chi connectivity index (χ1n) is 6.31. The largest absolute Gasteiger partial charge is 0.381 e. The second-order valence-electron chi connectivity index (χ2n) is 4.71. The fraction of sp³-hybridized carbons (Fsp3) is 0.500. The zero-order valence-electron chi connectivity index (χ0n) is 11.2. The number of benzene rings is 1. The summed E-state index contributed by atoms with van der Waals surface area (Å²) < 4.78 is 31.0. The van der Waals surface area contributed by atoms with Gasteiger partial charge in [-0.1, -0.05) is 13.8 Å². The lowest BCUT2D eigenvalue weighted by molar-refractivity contribution is 0.0924. The van der Waals surface area contributed by atoms with Gasteiger partial charge < -0.3 is 10.1 Å². The average Bonchev–Trinajstić information content (AvgIpc) is 2.36. The molecule has 1 rings (SSSR count). The molecule has 1 amide bonds. The van der Waals surface area contributed by atoms with Gasteiger partial charge in [-0.15, -0.1) is 0 Å². The molecule has 0 radical (unpaired) electrons. The summed E-state index contributed by atoms with van der Waals surface area (Å²) in [5.41, 5.74) is 0.113. The van der Waals surface area contributed by atoms with E-state index in [2.05, 4.69) is 19.2 Å². The SMILES string of the molecule is CC(C)COCCCNC(=O)c1ccc(F)c(F)c1. The van der Waals surface area contributed by atoms with Gasteiger partial charge in [0.15, 0.2) is 11.6 Å². The van der Waals surface area contributed by atoms with Crippen molar-refractivity contribution in [2.75, 3.05) is 19.8 Å². The number of carbonyl (C=O) groups is 1. The van der Waals surface area contributed by atoms with Crippen LogP contribution in [0.1, 0.15) is 30.6 Å². The van der Waals surface area contributed by atoms with Crippen molar-refractivity contribution in [3.05, 3.63) is 35.4 Å². The molecule has 0 heterocycles. The summed E-state index contributed by atoms with van der Waals surface area (Å²) in [6.07, 6.45) is 0.683. The zero-order chi connectivity index (χ0) is 14.3. The highest BCUT2D eigenvalue weighted by molar-refractivity contribution is 5.94. The Bertz CT molecular complexity index is 422. The third-order valence-corrected chi connectivity index (χ3v) is 2.38. The summed E-state index contributed by atoms with van der Waals surface area (Å²) in [5, 5.41) is 2.63. The van der Waals surface area contributed by atoms with Crippen LogP contribution < -0.4 is 5.32 Å². The smallest absolute Gasteiger partial charge is 0.251 e. The fourth-order valence-electron chi connectivity index (χ4n) is 1.43. The molecule has 0 aromatic heterocycles. The normalized spacial score (nSPS) is 10.8. The van der Waals surface area contributed by atoms with E-state index < -0.39 is 17.5 Å². The van der Waals surface area contributed by atoms with Crippen LogP contribution in [-0.2, 0) is 4.74 Å². The number of hydrogen-bond acceptors (Lipinski definition) is 2. The number of rotatable bonds is 7. The summed E-state index contributed by atoms with van der Waals surface area (Å²) in [5.74, 6) is -1.91. The van der Waals surface area contributed by atoms with Crippen LogP contribution in [0.25, 0.3) is 0 Å². The van der Waals surface area contributed by atoms with E-state index in [9.17, 15) is 13.6 Å². The summed E-state index contributed by atoms with van der Waals surface area (Å²) in [7, 11) is 0. The van der Waals surface area contributed by atoms with Gasteiger partial charge in [-0.2, -0.15) is 0 Å². The second kappa shape index (κ2) is 7.84. The molecule has 1 N–H and O–H groups in total. The quantitative estimate of drug-likeness (QED) is 0.774. The third-order valence-electron chi connectivity index (χ3n) is 2.38. The first-order valence-corrected chi connectivity index (χ1v) is 6.31. The Morgan fingerprint density at radius 2 is 2.05 bits per heavy atom. The van der Waals surface area contributed by atoms with Crippen LogP contribution in [0.15, 0.2) is 18.2 Å². The summed E-state index contributed by atoms with van der Waals surface area (Å²) in [6, 6.07) is 3.08. The van der Waals surface area contributed by atoms with Crippen molar-refractivity contribution in [3.63, 3.8) is 0 Å². The summed E-state index contributed by atoms with van der Waals surface area (Å²) >= 11 is 0. The molecule has 0 saturated carbocycles. The maximum Gasteiger partial charge on any atom is 0.251 e. The van der Waals surface area contributed by atoms with Gasteiger partial charge in [0.05, 0.1) is 0 Å². The Morgan fingerprint density at radius 1 is 1.32 bits per heavy atom. The number of halogens is 2. The maximum absolute atomic E-state index is 12.9. The molecular formula is C14H19F2NO2. The summed E-state index contributed by atoms with van der Waals surface area (Å²) in [6.45, 7) is 5.82. The third kappa shape index (κ3) is 5.79. The van der Waals surface area contributed by atoms with Crippen LogP contribution in [0, 0.1) is 17.6 Å². The Hall–Kier alpha value is -1.49. The summed E-state index contributed by atoms with van der Waals surface area (Å²) in [4.78, 5) is 11.6. The van der Waals surface area contributed by atoms with E-state index in [1.165, 1.54) is 6.07 Å².